The highest BCUT2D eigenvalue weighted by Crippen LogP contribution is 2.34. The Balaban J connectivity index is 1.76. The van der Waals surface area contributed by atoms with E-state index in [1.54, 1.807) is 24.3 Å². The van der Waals surface area contributed by atoms with Crippen molar-refractivity contribution in [3.05, 3.63) is 84.4 Å². The molecular formula is C21H19NO4S. The van der Waals surface area contributed by atoms with Crippen molar-refractivity contribution in [2.75, 3.05) is 17.5 Å². The van der Waals surface area contributed by atoms with E-state index in [1.165, 1.54) is 10.4 Å². The number of hydrogen-bond acceptors (Lipinski definition) is 4. The van der Waals surface area contributed by atoms with Crippen molar-refractivity contribution in [1.29, 1.82) is 0 Å². The summed E-state index contributed by atoms with van der Waals surface area (Å²) in [5.41, 5.74) is 1.51. The van der Waals surface area contributed by atoms with Gasteiger partial charge in [0.15, 0.2) is 11.5 Å². The Morgan fingerprint density at radius 2 is 1.41 bits per heavy atom. The summed E-state index contributed by atoms with van der Waals surface area (Å²) in [6.07, 6.45) is 0. The predicted molar refractivity (Wildman–Crippen MR) is 104 cm³/mol. The van der Waals surface area contributed by atoms with Crippen LogP contribution in [0.5, 0.6) is 11.5 Å². The number of nitrogens with zero attached hydrogens (tertiary/aromatic N) is 1. The normalized spacial score (nSPS) is 13.2. The fourth-order valence-corrected chi connectivity index (χ4v) is 4.44. The van der Waals surface area contributed by atoms with Gasteiger partial charge in [-0.2, -0.15) is 0 Å². The molecular weight excluding hydrogens is 362 g/mol. The molecule has 138 valence electrons. The second kappa shape index (κ2) is 7.32. The van der Waals surface area contributed by atoms with E-state index in [2.05, 4.69) is 0 Å². The number of ether oxygens (including phenoxy) is 2. The Bertz CT molecular complexity index is 1020. The third-order valence-corrected chi connectivity index (χ3v) is 6.08. The van der Waals surface area contributed by atoms with Crippen molar-refractivity contribution >= 4 is 15.7 Å². The average molecular weight is 381 g/mol. The van der Waals surface area contributed by atoms with E-state index in [-0.39, 0.29) is 11.4 Å². The van der Waals surface area contributed by atoms with Crippen molar-refractivity contribution in [2.45, 2.75) is 11.4 Å². The predicted octanol–water partition coefficient (Wildman–Crippen LogP) is 3.85. The number of sulfonamides is 1. The number of benzene rings is 3. The molecule has 27 heavy (non-hydrogen) atoms. The summed E-state index contributed by atoms with van der Waals surface area (Å²) >= 11 is 0. The van der Waals surface area contributed by atoms with Gasteiger partial charge in [-0.25, -0.2) is 8.42 Å². The molecule has 0 atom stereocenters. The maximum atomic E-state index is 13.5. The van der Waals surface area contributed by atoms with Gasteiger partial charge in [0, 0.05) is 6.07 Å². The van der Waals surface area contributed by atoms with Crippen molar-refractivity contribution in [1.82, 2.24) is 0 Å². The molecule has 0 radical (unpaired) electrons. The van der Waals surface area contributed by atoms with Gasteiger partial charge in [0.2, 0.25) is 0 Å². The molecule has 5 nitrogen and oxygen atoms in total. The Morgan fingerprint density at radius 1 is 0.778 bits per heavy atom. The molecule has 1 aliphatic rings. The quantitative estimate of drug-likeness (QED) is 0.674. The zero-order valence-corrected chi connectivity index (χ0v) is 15.4. The summed E-state index contributed by atoms with van der Waals surface area (Å²) < 4.78 is 39.4. The second-order valence-electron chi connectivity index (χ2n) is 6.14. The molecule has 0 saturated heterocycles. The average Bonchev–Trinajstić information content (AvgIpc) is 2.73. The summed E-state index contributed by atoms with van der Waals surface area (Å²) in [5, 5.41) is 0. The Kier molecular flexibility index (Phi) is 4.73. The third kappa shape index (κ3) is 3.61. The minimum absolute atomic E-state index is 0.173. The van der Waals surface area contributed by atoms with Crippen molar-refractivity contribution in [2.24, 2.45) is 0 Å². The molecule has 0 N–H and O–H groups in total. The van der Waals surface area contributed by atoms with Crippen LogP contribution in [0.15, 0.2) is 83.8 Å². The summed E-state index contributed by atoms with van der Waals surface area (Å²) in [4.78, 5) is 0.173. The number of rotatable bonds is 5. The van der Waals surface area contributed by atoms with Crippen LogP contribution in [0.3, 0.4) is 0 Å². The smallest absolute Gasteiger partial charge is 0.264 e. The van der Waals surface area contributed by atoms with E-state index in [0.717, 1.165) is 5.56 Å². The first-order valence-corrected chi connectivity index (χ1v) is 10.1. The molecule has 0 amide bonds. The third-order valence-electron chi connectivity index (χ3n) is 4.31. The summed E-state index contributed by atoms with van der Waals surface area (Å²) in [5.74, 6) is 1.02. The van der Waals surface area contributed by atoms with E-state index < -0.39 is 10.0 Å². The lowest BCUT2D eigenvalue weighted by atomic mass is 10.2. The van der Waals surface area contributed by atoms with Crippen LogP contribution >= 0.6 is 0 Å². The van der Waals surface area contributed by atoms with Crippen LogP contribution in [0.25, 0.3) is 0 Å². The van der Waals surface area contributed by atoms with Gasteiger partial charge in [0.05, 0.1) is 17.1 Å². The van der Waals surface area contributed by atoms with E-state index >= 15 is 0 Å². The highest BCUT2D eigenvalue weighted by Gasteiger charge is 2.27. The molecule has 0 unspecified atom stereocenters. The Hall–Kier alpha value is -2.99. The first-order valence-electron chi connectivity index (χ1n) is 8.66. The molecule has 4 rings (SSSR count). The van der Waals surface area contributed by atoms with E-state index in [0.29, 0.717) is 30.4 Å². The lowest BCUT2D eigenvalue weighted by Crippen LogP contribution is -2.30. The van der Waals surface area contributed by atoms with Crippen molar-refractivity contribution in [3.63, 3.8) is 0 Å². The SMILES string of the molecule is O=S(=O)(c1ccc2c(c1)OCCO2)N(Cc1ccccc1)c1ccccc1. The maximum absolute atomic E-state index is 13.5. The lowest BCUT2D eigenvalue weighted by molar-refractivity contribution is 0.171. The molecule has 0 aliphatic carbocycles. The Labute approximate surface area is 158 Å². The van der Waals surface area contributed by atoms with Crippen molar-refractivity contribution < 1.29 is 17.9 Å². The van der Waals surface area contributed by atoms with Crippen LogP contribution in [0.1, 0.15) is 5.56 Å². The number of anilines is 1. The molecule has 1 heterocycles. The van der Waals surface area contributed by atoms with Gasteiger partial charge in [-0.05, 0) is 29.8 Å². The fraction of sp³-hybridized carbons (Fsp3) is 0.143. The van der Waals surface area contributed by atoms with Crippen LogP contribution < -0.4 is 13.8 Å². The minimum Gasteiger partial charge on any atom is -0.486 e. The van der Waals surface area contributed by atoms with E-state index in [1.807, 2.05) is 48.5 Å². The molecule has 0 saturated carbocycles. The number of hydrogen-bond donors (Lipinski definition) is 0. The van der Waals surface area contributed by atoms with Crippen LogP contribution in [0.2, 0.25) is 0 Å². The largest absolute Gasteiger partial charge is 0.486 e. The van der Waals surface area contributed by atoms with Gasteiger partial charge in [-0.1, -0.05) is 48.5 Å². The molecule has 3 aromatic rings. The van der Waals surface area contributed by atoms with E-state index in [4.69, 9.17) is 9.47 Å². The molecule has 6 heteroatoms. The zero-order valence-electron chi connectivity index (χ0n) is 14.6. The summed E-state index contributed by atoms with van der Waals surface area (Å²) in [6.45, 7) is 1.10. The first kappa shape index (κ1) is 17.4. The zero-order chi connectivity index (χ0) is 18.7. The van der Waals surface area contributed by atoms with Crippen LogP contribution in [-0.2, 0) is 16.6 Å². The van der Waals surface area contributed by atoms with Crippen LogP contribution in [0, 0.1) is 0 Å². The van der Waals surface area contributed by atoms with Crippen molar-refractivity contribution in [3.8, 4) is 11.5 Å². The first-order chi connectivity index (χ1) is 13.1. The molecule has 3 aromatic carbocycles. The standard InChI is InChI=1S/C21H19NO4S/c23-27(24,19-11-12-20-21(15-19)26-14-13-25-20)22(18-9-5-2-6-10-18)16-17-7-3-1-4-8-17/h1-12,15H,13-14,16H2. The van der Waals surface area contributed by atoms with Gasteiger partial charge < -0.3 is 9.47 Å². The lowest BCUT2D eigenvalue weighted by Gasteiger charge is -2.26. The monoisotopic (exact) mass is 381 g/mol. The Morgan fingerprint density at radius 3 is 2.11 bits per heavy atom. The molecule has 0 bridgehead atoms. The molecule has 0 aromatic heterocycles. The van der Waals surface area contributed by atoms with Gasteiger partial charge in [0.25, 0.3) is 10.0 Å². The second-order valence-corrected chi connectivity index (χ2v) is 8.00. The highest BCUT2D eigenvalue weighted by atomic mass is 32.2. The molecule has 1 aliphatic heterocycles. The highest BCUT2D eigenvalue weighted by molar-refractivity contribution is 7.92. The summed E-state index contributed by atoms with van der Waals surface area (Å²) in [6, 6.07) is 23.4. The number of fused-ring (bicyclic) bond motifs is 1. The van der Waals surface area contributed by atoms with Gasteiger partial charge in [-0.15, -0.1) is 0 Å². The fourth-order valence-electron chi connectivity index (χ4n) is 2.97. The van der Waals surface area contributed by atoms with Gasteiger partial charge in [0.1, 0.15) is 13.2 Å². The van der Waals surface area contributed by atoms with E-state index in [9.17, 15) is 8.42 Å². The number of para-hydroxylation sites is 1. The topological polar surface area (TPSA) is 55.8 Å². The minimum atomic E-state index is -3.79. The van der Waals surface area contributed by atoms with Crippen LogP contribution in [-0.4, -0.2) is 21.6 Å². The molecule has 0 fully saturated rings. The molecule has 0 spiro atoms. The van der Waals surface area contributed by atoms with Crippen LogP contribution in [0.4, 0.5) is 5.69 Å². The maximum Gasteiger partial charge on any atom is 0.264 e. The van der Waals surface area contributed by atoms with Gasteiger partial charge >= 0.3 is 0 Å². The summed E-state index contributed by atoms with van der Waals surface area (Å²) in [7, 11) is -3.79. The van der Waals surface area contributed by atoms with Gasteiger partial charge in [-0.3, -0.25) is 4.31 Å².